The fourth-order valence-corrected chi connectivity index (χ4v) is 2.46. The Morgan fingerprint density at radius 2 is 2.12 bits per heavy atom. The third-order valence-electron chi connectivity index (χ3n) is 3.28. The van der Waals surface area contributed by atoms with Crippen LogP contribution >= 0.6 is 0 Å². The Bertz CT molecular complexity index is 628. The topological polar surface area (TPSA) is 56.0 Å². The van der Waals surface area contributed by atoms with E-state index in [0.717, 1.165) is 22.9 Å². The van der Waals surface area contributed by atoms with Crippen molar-refractivity contribution < 1.29 is 5.11 Å². The van der Waals surface area contributed by atoms with Crippen molar-refractivity contribution in [2.24, 2.45) is 0 Å². The largest absolute Gasteiger partial charge is 0.374 e. The molecule has 2 N–H and O–H groups in total. The summed E-state index contributed by atoms with van der Waals surface area (Å²) in [7, 11) is 0. The first-order valence-electron chi connectivity index (χ1n) is 5.69. The molecule has 84 valence electrons. The van der Waals surface area contributed by atoms with Gasteiger partial charge in [0.15, 0.2) is 0 Å². The number of aryl methyl sites for hydroxylation is 1. The minimum atomic E-state index is -0.459. The molecule has 1 aliphatic heterocycles. The molecule has 0 aromatic heterocycles. The molecule has 1 aliphatic rings. The summed E-state index contributed by atoms with van der Waals surface area (Å²) in [6, 6.07) is 11.9. The Labute approximate surface area is 99.3 Å². The van der Waals surface area contributed by atoms with Crippen LogP contribution in [0.3, 0.4) is 0 Å². The summed E-state index contributed by atoms with van der Waals surface area (Å²) in [6.07, 6.45) is 1.10. The second-order valence-corrected chi connectivity index (χ2v) is 4.30. The fourth-order valence-electron chi connectivity index (χ4n) is 2.46. The first-order chi connectivity index (χ1) is 8.29. The molecular weight excluding hydrogens is 212 g/mol. The number of nitrogens with one attached hydrogen (secondary N) is 1. The highest BCUT2D eigenvalue weighted by Gasteiger charge is 2.17. The van der Waals surface area contributed by atoms with Crippen molar-refractivity contribution in [2.45, 2.75) is 19.1 Å². The van der Waals surface area contributed by atoms with Gasteiger partial charge in [0.2, 0.25) is 0 Å². The van der Waals surface area contributed by atoms with Crippen LogP contribution in [0, 0.1) is 11.3 Å². The molecule has 3 heteroatoms. The summed E-state index contributed by atoms with van der Waals surface area (Å²) in [5.74, 6) is 0. The van der Waals surface area contributed by atoms with E-state index < -0.39 is 6.23 Å². The van der Waals surface area contributed by atoms with E-state index in [2.05, 4.69) is 11.4 Å². The van der Waals surface area contributed by atoms with Crippen molar-refractivity contribution in [1.82, 2.24) is 0 Å². The van der Waals surface area contributed by atoms with E-state index in [1.54, 1.807) is 0 Å². The number of anilines is 1. The number of nitrogens with zero attached hydrogens (tertiary/aromatic N) is 1. The summed E-state index contributed by atoms with van der Waals surface area (Å²) in [6.45, 7) is 0. The lowest BCUT2D eigenvalue weighted by Crippen LogP contribution is -2.24. The van der Waals surface area contributed by atoms with Gasteiger partial charge in [-0.3, -0.25) is 0 Å². The molecular formula is C14H12N2O. The molecule has 17 heavy (non-hydrogen) atoms. The van der Waals surface area contributed by atoms with Crippen molar-refractivity contribution in [1.29, 1.82) is 5.26 Å². The molecule has 3 rings (SSSR count). The average molecular weight is 224 g/mol. The van der Waals surface area contributed by atoms with E-state index in [1.165, 1.54) is 5.56 Å². The Morgan fingerprint density at radius 1 is 1.24 bits per heavy atom. The molecule has 0 saturated carbocycles. The zero-order valence-corrected chi connectivity index (χ0v) is 9.27. The number of benzene rings is 2. The van der Waals surface area contributed by atoms with E-state index >= 15 is 0 Å². The molecule has 1 heterocycles. The van der Waals surface area contributed by atoms with Gasteiger partial charge in [-0.15, -0.1) is 0 Å². The van der Waals surface area contributed by atoms with Crippen LogP contribution < -0.4 is 5.32 Å². The number of hydrogen-bond acceptors (Lipinski definition) is 3. The smallest absolute Gasteiger partial charge is 0.124 e. The predicted molar refractivity (Wildman–Crippen MR) is 66.6 cm³/mol. The quantitative estimate of drug-likeness (QED) is 0.722. The molecule has 2 aromatic rings. The third-order valence-corrected chi connectivity index (χ3v) is 3.28. The summed E-state index contributed by atoms with van der Waals surface area (Å²) in [4.78, 5) is 0. The lowest BCUT2D eigenvalue weighted by Gasteiger charge is -2.24. The number of aliphatic hydroxyl groups is 1. The van der Waals surface area contributed by atoms with E-state index in [1.807, 2.05) is 30.3 Å². The predicted octanol–water partition coefficient (Wildman–Crippen LogP) is 2.39. The zero-order chi connectivity index (χ0) is 11.8. The molecule has 0 fully saturated rings. The second kappa shape index (κ2) is 3.76. The Balaban J connectivity index is 2.29. The number of aliphatic hydroxyl groups excluding tert-OH is 1. The minimum Gasteiger partial charge on any atom is -0.374 e. The minimum absolute atomic E-state index is 0.459. The van der Waals surface area contributed by atoms with Gasteiger partial charge in [0.05, 0.1) is 11.6 Å². The van der Waals surface area contributed by atoms with Crippen molar-refractivity contribution in [3.05, 3.63) is 41.5 Å². The summed E-state index contributed by atoms with van der Waals surface area (Å²) < 4.78 is 0. The Kier molecular flexibility index (Phi) is 2.24. The van der Waals surface area contributed by atoms with Crippen molar-refractivity contribution in [3.8, 4) is 6.07 Å². The number of nitriles is 1. The van der Waals surface area contributed by atoms with E-state index in [4.69, 9.17) is 5.26 Å². The molecule has 0 aliphatic carbocycles. The molecule has 3 nitrogen and oxygen atoms in total. The van der Waals surface area contributed by atoms with Gasteiger partial charge >= 0.3 is 0 Å². The zero-order valence-electron chi connectivity index (χ0n) is 9.27. The first kappa shape index (κ1) is 10.1. The molecule has 1 atom stereocenters. The SMILES string of the molecule is N#Cc1cccc2c3c(ccc12)NC(O)CC3. The van der Waals surface area contributed by atoms with Gasteiger partial charge in [0.25, 0.3) is 0 Å². The highest BCUT2D eigenvalue weighted by molar-refractivity contribution is 5.94. The van der Waals surface area contributed by atoms with Crippen molar-refractivity contribution in [3.63, 3.8) is 0 Å². The highest BCUT2D eigenvalue weighted by atomic mass is 16.3. The van der Waals surface area contributed by atoms with Crippen LogP contribution in [0.4, 0.5) is 5.69 Å². The summed E-state index contributed by atoms with van der Waals surface area (Å²) in [5.41, 5.74) is 2.88. The van der Waals surface area contributed by atoms with Crippen LogP contribution in [-0.4, -0.2) is 11.3 Å². The van der Waals surface area contributed by atoms with Gasteiger partial charge in [-0.05, 0) is 41.3 Å². The summed E-state index contributed by atoms with van der Waals surface area (Å²) in [5, 5.41) is 23.8. The van der Waals surface area contributed by atoms with Crippen LogP contribution in [0.2, 0.25) is 0 Å². The number of fused-ring (bicyclic) bond motifs is 3. The molecule has 0 radical (unpaired) electrons. The Morgan fingerprint density at radius 3 is 2.94 bits per heavy atom. The lowest BCUT2D eigenvalue weighted by molar-refractivity contribution is 0.189. The standard InChI is InChI=1S/C14H12N2O/c15-8-9-2-1-3-11-10(9)4-6-13-12(11)5-7-14(17)16-13/h1-4,6,14,16-17H,5,7H2. The fraction of sp³-hybridized carbons (Fsp3) is 0.214. The molecule has 0 bridgehead atoms. The Hall–Kier alpha value is -2.05. The van der Waals surface area contributed by atoms with Crippen LogP contribution in [-0.2, 0) is 6.42 Å². The third kappa shape index (κ3) is 1.54. The van der Waals surface area contributed by atoms with Gasteiger partial charge in [0, 0.05) is 5.69 Å². The van der Waals surface area contributed by atoms with Crippen LogP contribution in [0.1, 0.15) is 17.5 Å². The molecule has 0 saturated heterocycles. The molecule has 0 amide bonds. The van der Waals surface area contributed by atoms with E-state index in [-0.39, 0.29) is 0 Å². The molecule has 2 aromatic carbocycles. The van der Waals surface area contributed by atoms with Crippen molar-refractivity contribution in [2.75, 3.05) is 5.32 Å². The molecule has 1 unspecified atom stereocenters. The van der Waals surface area contributed by atoms with Crippen LogP contribution in [0.15, 0.2) is 30.3 Å². The van der Waals surface area contributed by atoms with Crippen LogP contribution in [0.5, 0.6) is 0 Å². The van der Waals surface area contributed by atoms with Crippen molar-refractivity contribution >= 4 is 16.5 Å². The molecule has 0 spiro atoms. The van der Waals surface area contributed by atoms with E-state index in [9.17, 15) is 5.11 Å². The monoisotopic (exact) mass is 224 g/mol. The van der Waals surface area contributed by atoms with Gasteiger partial charge in [0.1, 0.15) is 6.23 Å². The summed E-state index contributed by atoms with van der Waals surface area (Å²) >= 11 is 0. The maximum absolute atomic E-state index is 9.57. The lowest BCUT2D eigenvalue weighted by atomic mass is 9.94. The van der Waals surface area contributed by atoms with Gasteiger partial charge in [-0.1, -0.05) is 18.2 Å². The van der Waals surface area contributed by atoms with Gasteiger partial charge < -0.3 is 10.4 Å². The van der Waals surface area contributed by atoms with Crippen LogP contribution in [0.25, 0.3) is 10.8 Å². The van der Waals surface area contributed by atoms with Gasteiger partial charge in [-0.2, -0.15) is 5.26 Å². The highest BCUT2D eigenvalue weighted by Crippen LogP contribution is 2.32. The maximum Gasteiger partial charge on any atom is 0.124 e. The normalized spacial score (nSPS) is 18.2. The number of rotatable bonds is 0. The average Bonchev–Trinajstić information content (AvgIpc) is 2.37. The maximum atomic E-state index is 9.57. The van der Waals surface area contributed by atoms with E-state index in [0.29, 0.717) is 12.0 Å². The number of hydrogen-bond donors (Lipinski definition) is 2. The van der Waals surface area contributed by atoms with Gasteiger partial charge in [-0.25, -0.2) is 0 Å². The first-order valence-corrected chi connectivity index (χ1v) is 5.69. The second-order valence-electron chi connectivity index (χ2n) is 4.30.